The van der Waals surface area contributed by atoms with Crippen LogP contribution < -0.4 is 4.72 Å². The highest BCUT2D eigenvalue weighted by Gasteiger charge is 2.46. The molecule has 0 spiro atoms. The average molecular weight is 297 g/mol. The molecule has 1 atom stereocenters. The van der Waals surface area contributed by atoms with Gasteiger partial charge in [0.2, 0.25) is 0 Å². The van der Waals surface area contributed by atoms with Crippen LogP contribution >= 0.6 is 0 Å². The Morgan fingerprint density at radius 3 is 2.32 bits per heavy atom. The topological polar surface area (TPSA) is 83.5 Å². The number of carboxylic acid groups (broad SMARTS) is 1. The van der Waals surface area contributed by atoms with Crippen molar-refractivity contribution in [3.05, 3.63) is 29.8 Å². The predicted octanol–water partition coefficient (Wildman–Crippen LogP) is 2.14. The van der Waals surface area contributed by atoms with Crippen LogP contribution in [0.1, 0.15) is 18.4 Å². The molecule has 0 bridgehead atoms. The molecule has 106 valence electrons. The SMILES string of the molecule is C[C@H](C(=O)O)c1ccccc1NS(=O)(=O)C(F)(F)F. The fourth-order valence-electron chi connectivity index (χ4n) is 1.30. The number of carboxylic acids is 1. The molecule has 19 heavy (non-hydrogen) atoms. The monoisotopic (exact) mass is 297 g/mol. The number of hydrogen-bond donors (Lipinski definition) is 2. The maximum Gasteiger partial charge on any atom is 0.516 e. The van der Waals surface area contributed by atoms with Crippen LogP contribution in [-0.4, -0.2) is 25.0 Å². The van der Waals surface area contributed by atoms with Crippen molar-refractivity contribution in [3.63, 3.8) is 0 Å². The summed E-state index contributed by atoms with van der Waals surface area (Å²) in [7, 11) is -5.58. The lowest BCUT2D eigenvalue weighted by Crippen LogP contribution is -2.30. The van der Waals surface area contributed by atoms with Gasteiger partial charge in [0.25, 0.3) is 0 Å². The van der Waals surface area contributed by atoms with Crippen LogP contribution in [0.5, 0.6) is 0 Å². The molecule has 2 N–H and O–H groups in total. The Morgan fingerprint density at radius 2 is 1.84 bits per heavy atom. The third-order valence-electron chi connectivity index (χ3n) is 2.35. The van der Waals surface area contributed by atoms with Crippen molar-refractivity contribution < 1.29 is 31.5 Å². The molecule has 0 radical (unpaired) electrons. The first kappa shape index (κ1) is 15.3. The van der Waals surface area contributed by atoms with Crippen LogP contribution in [0.2, 0.25) is 0 Å². The molecule has 0 heterocycles. The second-order valence-electron chi connectivity index (χ2n) is 3.70. The lowest BCUT2D eigenvalue weighted by molar-refractivity contribution is -0.138. The largest absolute Gasteiger partial charge is 0.516 e. The van der Waals surface area contributed by atoms with Gasteiger partial charge in [-0.1, -0.05) is 18.2 Å². The molecular formula is C10H10F3NO4S. The smallest absolute Gasteiger partial charge is 0.481 e. The summed E-state index contributed by atoms with van der Waals surface area (Å²) in [6, 6.07) is 5.01. The molecule has 0 aliphatic rings. The Kier molecular flexibility index (Phi) is 4.09. The number of rotatable bonds is 4. The van der Waals surface area contributed by atoms with Gasteiger partial charge in [-0.2, -0.15) is 21.6 Å². The summed E-state index contributed by atoms with van der Waals surface area (Å²) in [5.41, 5.74) is -5.93. The second kappa shape index (κ2) is 5.08. The maximum absolute atomic E-state index is 12.2. The van der Waals surface area contributed by atoms with Crippen molar-refractivity contribution in [1.82, 2.24) is 0 Å². The normalized spacial score (nSPS) is 13.9. The van der Waals surface area contributed by atoms with Crippen molar-refractivity contribution in [2.24, 2.45) is 0 Å². The van der Waals surface area contributed by atoms with E-state index in [0.717, 1.165) is 6.07 Å². The number of aliphatic carboxylic acids is 1. The molecule has 9 heteroatoms. The molecule has 1 rings (SSSR count). The van der Waals surface area contributed by atoms with Crippen LogP contribution in [0.15, 0.2) is 24.3 Å². The van der Waals surface area contributed by atoms with Gasteiger partial charge >= 0.3 is 21.5 Å². The summed E-state index contributed by atoms with van der Waals surface area (Å²) in [4.78, 5) is 10.8. The van der Waals surface area contributed by atoms with Crippen molar-refractivity contribution in [2.45, 2.75) is 18.3 Å². The quantitative estimate of drug-likeness (QED) is 0.891. The lowest BCUT2D eigenvalue weighted by atomic mass is 10.00. The minimum atomic E-state index is -5.58. The molecule has 0 saturated carbocycles. The Hall–Kier alpha value is -1.77. The van der Waals surface area contributed by atoms with E-state index in [-0.39, 0.29) is 5.56 Å². The molecular weight excluding hydrogens is 287 g/mol. The molecule has 5 nitrogen and oxygen atoms in total. The summed E-state index contributed by atoms with van der Waals surface area (Å²) < 4.78 is 60.0. The van der Waals surface area contributed by atoms with Crippen LogP contribution in [0.3, 0.4) is 0 Å². The second-order valence-corrected chi connectivity index (χ2v) is 5.37. The molecule has 0 fully saturated rings. The summed E-state index contributed by atoms with van der Waals surface area (Å²) in [6.45, 7) is 1.24. The minimum Gasteiger partial charge on any atom is -0.481 e. The Labute approximate surface area is 107 Å². The van der Waals surface area contributed by atoms with Gasteiger partial charge in [-0.15, -0.1) is 0 Å². The number of nitrogens with one attached hydrogen (secondary N) is 1. The Bertz CT molecular complexity index is 583. The van der Waals surface area contributed by atoms with E-state index in [1.807, 2.05) is 0 Å². The number of hydrogen-bond acceptors (Lipinski definition) is 3. The zero-order valence-electron chi connectivity index (χ0n) is 9.60. The van der Waals surface area contributed by atoms with Gasteiger partial charge in [0.15, 0.2) is 0 Å². The van der Waals surface area contributed by atoms with Gasteiger partial charge in [0, 0.05) is 0 Å². The van der Waals surface area contributed by atoms with Gasteiger partial charge in [-0.3, -0.25) is 9.52 Å². The van der Waals surface area contributed by atoms with Gasteiger partial charge < -0.3 is 5.11 Å². The first-order valence-electron chi connectivity index (χ1n) is 4.97. The van der Waals surface area contributed by atoms with E-state index < -0.39 is 33.1 Å². The van der Waals surface area contributed by atoms with E-state index in [0.29, 0.717) is 0 Å². The van der Waals surface area contributed by atoms with E-state index in [9.17, 15) is 26.4 Å². The maximum atomic E-state index is 12.2. The fourth-order valence-corrected chi connectivity index (χ4v) is 1.89. The molecule has 0 amide bonds. The van der Waals surface area contributed by atoms with E-state index in [2.05, 4.69) is 0 Å². The number of halogens is 3. The number of benzene rings is 1. The molecule has 0 unspecified atom stereocenters. The Balaban J connectivity index is 3.20. The zero-order chi connectivity index (χ0) is 14.8. The highest BCUT2D eigenvalue weighted by atomic mass is 32.2. The third-order valence-corrected chi connectivity index (χ3v) is 3.44. The van der Waals surface area contributed by atoms with Gasteiger partial charge in [-0.25, -0.2) is 0 Å². The first-order chi connectivity index (χ1) is 8.56. The van der Waals surface area contributed by atoms with Crippen LogP contribution in [-0.2, 0) is 14.8 Å². The number of anilines is 1. The molecule has 0 aromatic heterocycles. The summed E-state index contributed by atoms with van der Waals surface area (Å²) in [5, 5.41) is 8.82. The molecule has 0 aliphatic heterocycles. The molecule has 1 aromatic carbocycles. The van der Waals surface area contributed by atoms with Crippen molar-refractivity contribution >= 4 is 21.7 Å². The van der Waals surface area contributed by atoms with Gasteiger partial charge in [0.1, 0.15) is 0 Å². The molecule has 1 aromatic rings. The highest BCUT2D eigenvalue weighted by Crippen LogP contribution is 2.30. The summed E-state index contributed by atoms with van der Waals surface area (Å²) >= 11 is 0. The van der Waals surface area contributed by atoms with Crippen LogP contribution in [0.25, 0.3) is 0 Å². The summed E-state index contributed by atoms with van der Waals surface area (Å²) in [6.07, 6.45) is 0. The van der Waals surface area contributed by atoms with Crippen molar-refractivity contribution in [2.75, 3.05) is 4.72 Å². The number of carbonyl (C=O) groups is 1. The van der Waals surface area contributed by atoms with E-state index >= 15 is 0 Å². The molecule has 0 saturated heterocycles. The zero-order valence-corrected chi connectivity index (χ0v) is 10.4. The highest BCUT2D eigenvalue weighted by molar-refractivity contribution is 7.93. The predicted molar refractivity (Wildman–Crippen MR) is 61.1 cm³/mol. The van der Waals surface area contributed by atoms with Gasteiger partial charge in [-0.05, 0) is 18.6 Å². The van der Waals surface area contributed by atoms with E-state index in [4.69, 9.17) is 5.11 Å². The average Bonchev–Trinajstić information content (AvgIpc) is 2.26. The standard InChI is InChI=1S/C10H10F3NO4S/c1-6(9(15)16)7-4-2-3-5-8(7)14-19(17,18)10(11,12)13/h2-6,14H,1H3,(H,15,16)/t6-/m0/s1. The Morgan fingerprint density at radius 1 is 1.32 bits per heavy atom. The van der Waals surface area contributed by atoms with Crippen molar-refractivity contribution in [3.8, 4) is 0 Å². The third kappa shape index (κ3) is 3.37. The van der Waals surface area contributed by atoms with Gasteiger partial charge in [0.05, 0.1) is 11.6 Å². The first-order valence-corrected chi connectivity index (χ1v) is 6.45. The van der Waals surface area contributed by atoms with E-state index in [1.165, 1.54) is 29.8 Å². The summed E-state index contributed by atoms with van der Waals surface area (Å²) in [5.74, 6) is -2.43. The number of alkyl halides is 3. The fraction of sp³-hybridized carbons (Fsp3) is 0.300. The number of sulfonamides is 1. The minimum absolute atomic E-state index is 0.0529. The van der Waals surface area contributed by atoms with E-state index in [1.54, 1.807) is 0 Å². The lowest BCUT2D eigenvalue weighted by Gasteiger charge is -2.16. The van der Waals surface area contributed by atoms with Crippen LogP contribution in [0, 0.1) is 0 Å². The number of para-hydroxylation sites is 1. The molecule has 0 aliphatic carbocycles. The van der Waals surface area contributed by atoms with Crippen LogP contribution in [0.4, 0.5) is 18.9 Å². The van der Waals surface area contributed by atoms with Crippen molar-refractivity contribution in [1.29, 1.82) is 0 Å².